The Balaban J connectivity index is 1.73. The van der Waals surface area contributed by atoms with Crippen LogP contribution < -0.4 is 5.32 Å². The van der Waals surface area contributed by atoms with Crippen LogP contribution in [0.15, 0.2) is 61.4 Å². The van der Waals surface area contributed by atoms with Gasteiger partial charge in [-0.05, 0) is 47.7 Å². The van der Waals surface area contributed by atoms with E-state index in [1.165, 1.54) is 6.08 Å². The number of benzene rings is 1. The van der Waals surface area contributed by atoms with E-state index in [2.05, 4.69) is 23.8 Å². The van der Waals surface area contributed by atoms with Gasteiger partial charge < -0.3 is 10.2 Å². The zero-order chi connectivity index (χ0) is 18.5. The molecule has 1 N–H and O–H groups in total. The molecule has 0 spiro atoms. The molecule has 2 aromatic rings. The van der Waals surface area contributed by atoms with Gasteiger partial charge in [0.05, 0.1) is 6.04 Å². The van der Waals surface area contributed by atoms with Gasteiger partial charge in [0, 0.05) is 31.0 Å². The molecule has 1 aromatic carbocycles. The highest BCUT2D eigenvalue weighted by Crippen LogP contribution is 2.35. The van der Waals surface area contributed by atoms with Gasteiger partial charge in [0.15, 0.2) is 0 Å². The zero-order valence-corrected chi connectivity index (χ0v) is 14.9. The van der Waals surface area contributed by atoms with E-state index in [1.54, 1.807) is 6.20 Å². The van der Waals surface area contributed by atoms with Gasteiger partial charge in [-0.15, -0.1) is 0 Å². The van der Waals surface area contributed by atoms with Gasteiger partial charge >= 0.3 is 0 Å². The molecule has 5 nitrogen and oxygen atoms in total. The molecule has 134 valence electrons. The SMILES string of the molecule is C=CC(=O)NCc1ccc(C(=O)N2CC(C)CC2c2cccnc2)cc1. The summed E-state index contributed by atoms with van der Waals surface area (Å²) in [5.74, 6) is 0.276. The number of rotatable bonds is 5. The van der Waals surface area contributed by atoms with Crippen molar-refractivity contribution in [2.75, 3.05) is 6.54 Å². The monoisotopic (exact) mass is 349 g/mol. The number of nitrogens with one attached hydrogen (secondary N) is 1. The van der Waals surface area contributed by atoms with Crippen LogP contribution in [-0.4, -0.2) is 28.2 Å². The molecule has 0 saturated carbocycles. The summed E-state index contributed by atoms with van der Waals surface area (Å²) in [5.41, 5.74) is 2.68. The van der Waals surface area contributed by atoms with E-state index in [0.29, 0.717) is 18.0 Å². The van der Waals surface area contributed by atoms with Gasteiger partial charge in [0.1, 0.15) is 0 Å². The van der Waals surface area contributed by atoms with E-state index >= 15 is 0 Å². The second-order valence-corrected chi connectivity index (χ2v) is 6.72. The molecular formula is C21H23N3O2. The molecule has 26 heavy (non-hydrogen) atoms. The van der Waals surface area contributed by atoms with Crippen molar-refractivity contribution < 1.29 is 9.59 Å². The Morgan fingerprint density at radius 2 is 2.08 bits per heavy atom. The van der Waals surface area contributed by atoms with Crippen LogP contribution in [-0.2, 0) is 11.3 Å². The lowest BCUT2D eigenvalue weighted by atomic mass is 10.0. The fourth-order valence-corrected chi connectivity index (χ4v) is 3.35. The third-order valence-electron chi connectivity index (χ3n) is 4.69. The first-order valence-corrected chi connectivity index (χ1v) is 8.78. The summed E-state index contributed by atoms with van der Waals surface area (Å²) in [6.45, 7) is 6.76. The molecule has 2 unspecified atom stereocenters. The molecule has 2 heterocycles. The van der Waals surface area contributed by atoms with E-state index in [4.69, 9.17) is 0 Å². The van der Waals surface area contributed by atoms with Crippen molar-refractivity contribution in [2.45, 2.75) is 25.9 Å². The summed E-state index contributed by atoms with van der Waals surface area (Å²) < 4.78 is 0. The van der Waals surface area contributed by atoms with E-state index in [9.17, 15) is 9.59 Å². The molecule has 1 aliphatic rings. The molecule has 2 amide bonds. The Morgan fingerprint density at radius 3 is 2.73 bits per heavy atom. The second kappa shape index (κ2) is 7.95. The summed E-state index contributed by atoms with van der Waals surface area (Å²) in [4.78, 5) is 30.4. The minimum Gasteiger partial charge on any atom is -0.348 e. The van der Waals surface area contributed by atoms with Crippen molar-refractivity contribution in [3.8, 4) is 0 Å². The fourth-order valence-electron chi connectivity index (χ4n) is 3.35. The molecule has 0 radical (unpaired) electrons. The summed E-state index contributed by atoms with van der Waals surface area (Å²) in [6.07, 6.45) is 5.78. The maximum Gasteiger partial charge on any atom is 0.254 e. The topological polar surface area (TPSA) is 62.3 Å². The molecule has 0 bridgehead atoms. The van der Waals surface area contributed by atoms with Crippen LogP contribution in [0.3, 0.4) is 0 Å². The highest BCUT2D eigenvalue weighted by atomic mass is 16.2. The van der Waals surface area contributed by atoms with Crippen LogP contribution in [0.1, 0.15) is 40.9 Å². The van der Waals surface area contributed by atoms with Gasteiger partial charge in [0.25, 0.3) is 5.91 Å². The van der Waals surface area contributed by atoms with Crippen molar-refractivity contribution in [2.24, 2.45) is 5.92 Å². The number of nitrogens with zero attached hydrogens (tertiary/aromatic N) is 2. The largest absolute Gasteiger partial charge is 0.348 e. The lowest BCUT2D eigenvalue weighted by molar-refractivity contribution is -0.116. The summed E-state index contributed by atoms with van der Waals surface area (Å²) in [6, 6.07) is 11.4. The van der Waals surface area contributed by atoms with Crippen LogP contribution in [0, 0.1) is 5.92 Å². The Bertz CT molecular complexity index is 787. The number of carbonyl (C=O) groups excluding carboxylic acids is 2. The Morgan fingerprint density at radius 1 is 1.31 bits per heavy atom. The van der Waals surface area contributed by atoms with Crippen molar-refractivity contribution in [3.05, 3.63) is 78.1 Å². The highest BCUT2D eigenvalue weighted by Gasteiger charge is 2.34. The lowest BCUT2D eigenvalue weighted by Gasteiger charge is -2.25. The summed E-state index contributed by atoms with van der Waals surface area (Å²) in [5, 5.41) is 2.73. The first-order chi connectivity index (χ1) is 12.6. The van der Waals surface area contributed by atoms with E-state index < -0.39 is 0 Å². The molecule has 1 fully saturated rings. The molecule has 1 aromatic heterocycles. The molecule has 0 aliphatic carbocycles. The van der Waals surface area contributed by atoms with E-state index in [1.807, 2.05) is 47.5 Å². The van der Waals surface area contributed by atoms with E-state index in [-0.39, 0.29) is 17.9 Å². The Kier molecular flexibility index (Phi) is 5.46. The quantitative estimate of drug-likeness (QED) is 0.844. The van der Waals surface area contributed by atoms with Crippen molar-refractivity contribution in [1.29, 1.82) is 0 Å². The number of hydrogen-bond donors (Lipinski definition) is 1. The average molecular weight is 349 g/mol. The van der Waals surface area contributed by atoms with Gasteiger partial charge in [-0.2, -0.15) is 0 Å². The third kappa shape index (κ3) is 3.99. The maximum atomic E-state index is 13.0. The van der Waals surface area contributed by atoms with Crippen LogP contribution in [0.25, 0.3) is 0 Å². The Hall–Kier alpha value is -2.95. The maximum absolute atomic E-state index is 13.0. The number of likely N-dealkylation sites (tertiary alicyclic amines) is 1. The third-order valence-corrected chi connectivity index (χ3v) is 4.69. The number of aromatic nitrogens is 1. The molecule has 3 rings (SSSR count). The van der Waals surface area contributed by atoms with Crippen LogP contribution in [0.4, 0.5) is 0 Å². The highest BCUT2D eigenvalue weighted by molar-refractivity contribution is 5.94. The molecule has 2 atom stereocenters. The zero-order valence-electron chi connectivity index (χ0n) is 14.9. The number of carbonyl (C=O) groups is 2. The van der Waals surface area contributed by atoms with Gasteiger partial charge in [-0.25, -0.2) is 0 Å². The minimum absolute atomic E-state index is 0.0323. The van der Waals surface area contributed by atoms with Gasteiger partial charge in [-0.3, -0.25) is 14.6 Å². The van der Waals surface area contributed by atoms with Crippen molar-refractivity contribution in [3.63, 3.8) is 0 Å². The number of hydrogen-bond acceptors (Lipinski definition) is 3. The fraction of sp³-hybridized carbons (Fsp3) is 0.286. The summed E-state index contributed by atoms with van der Waals surface area (Å²) >= 11 is 0. The van der Waals surface area contributed by atoms with Crippen LogP contribution in [0.5, 0.6) is 0 Å². The van der Waals surface area contributed by atoms with E-state index in [0.717, 1.165) is 24.1 Å². The first-order valence-electron chi connectivity index (χ1n) is 8.78. The number of amides is 2. The predicted molar refractivity (Wildman–Crippen MR) is 100 cm³/mol. The minimum atomic E-state index is -0.212. The number of pyridine rings is 1. The average Bonchev–Trinajstić information content (AvgIpc) is 3.08. The lowest BCUT2D eigenvalue weighted by Crippen LogP contribution is -2.31. The standard InChI is InChI=1S/C21H23N3O2/c1-3-20(25)23-12-16-6-8-17(9-7-16)21(26)24-14-15(2)11-19(24)18-5-4-10-22-13-18/h3-10,13,15,19H,1,11-12,14H2,2H3,(H,23,25). The van der Waals surface area contributed by atoms with Crippen LogP contribution in [0.2, 0.25) is 0 Å². The Labute approximate surface area is 153 Å². The van der Waals surface area contributed by atoms with Gasteiger partial charge in [-0.1, -0.05) is 31.7 Å². The van der Waals surface area contributed by atoms with Crippen molar-refractivity contribution in [1.82, 2.24) is 15.2 Å². The molecule has 1 saturated heterocycles. The van der Waals surface area contributed by atoms with Crippen LogP contribution >= 0.6 is 0 Å². The smallest absolute Gasteiger partial charge is 0.254 e. The first kappa shape index (κ1) is 17.9. The predicted octanol–water partition coefficient (Wildman–Crippen LogP) is 3.11. The normalized spacial score (nSPS) is 19.2. The molecule has 1 aliphatic heterocycles. The molecular weight excluding hydrogens is 326 g/mol. The van der Waals surface area contributed by atoms with Crippen molar-refractivity contribution >= 4 is 11.8 Å². The van der Waals surface area contributed by atoms with Gasteiger partial charge in [0.2, 0.25) is 5.91 Å². The molecule has 5 heteroatoms. The summed E-state index contributed by atoms with van der Waals surface area (Å²) in [7, 11) is 0. The second-order valence-electron chi connectivity index (χ2n) is 6.72.